The van der Waals surface area contributed by atoms with Gasteiger partial charge in [0, 0.05) is 27.6 Å². The molecule has 0 saturated carbocycles. The smallest absolute Gasteiger partial charge is 0.119 e. The lowest BCUT2D eigenvalue weighted by Crippen LogP contribution is -1.97. The van der Waals surface area contributed by atoms with Crippen molar-refractivity contribution in [3.8, 4) is 17.6 Å². The van der Waals surface area contributed by atoms with E-state index in [0.29, 0.717) is 23.1 Å². The highest BCUT2D eigenvalue weighted by Crippen LogP contribution is 2.25. The number of benzene rings is 2. The number of hydrogen-bond donors (Lipinski definition) is 1. The highest BCUT2D eigenvalue weighted by molar-refractivity contribution is 6.35. The quantitative estimate of drug-likeness (QED) is 0.851. The van der Waals surface area contributed by atoms with E-state index in [-0.39, 0.29) is 6.61 Å². The second-order valence-electron chi connectivity index (χ2n) is 4.29. The standard InChI is InChI=1S/C17H14Cl2O2/c18-16-5-3-6-17(19)15(16)12-21-14-9-7-13(8-10-14)4-1-2-11-20/h3,5-10,20H,2,11-12H2. The average Bonchev–Trinajstić information content (AvgIpc) is 2.48. The summed E-state index contributed by atoms with van der Waals surface area (Å²) in [5.74, 6) is 6.55. The Balaban J connectivity index is 2.00. The second-order valence-corrected chi connectivity index (χ2v) is 5.10. The lowest BCUT2D eigenvalue weighted by Gasteiger charge is -2.09. The third kappa shape index (κ3) is 4.68. The van der Waals surface area contributed by atoms with E-state index in [1.165, 1.54) is 0 Å². The minimum absolute atomic E-state index is 0.0762. The van der Waals surface area contributed by atoms with Crippen LogP contribution in [-0.2, 0) is 6.61 Å². The molecular formula is C17H14Cl2O2. The van der Waals surface area contributed by atoms with Crippen LogP contribution >= 0.6 is 23.2 Å². The van der Waals surface area contributed by atoms with Gasteiger partial charge in [0.15, 0.2) is 0 Å². The van der Waals surface area contributed by atoms with Gasteiger partial charge in [-0.05, 0) is 36.4 Å². The Morgan fingerprint density at radius 1 is 1.00 bits per heavy atom. The van der Waals surface area contributed by atoms with Gasteiger partial charge in [-0.15, -0.1) is 0 Å². The van der Waals surface area contributed by atoms with Gasteiger partial charge in [-0.1, -0.05) is 41.1 Å². The minimum atomic E-state index is 0.0762. The van der Waals surface area contributed by atoms with Gasteiger partial charge in [0.25, 0.3) is 0 Å². The topological polar surface area (TPSA) is 29.5 Å². The molecule has 1 N–H and O–H groups in total. The van der Waals surface area contributed by atoms with E-state index in [1.54, 1.807) is 18.2 Å². The number of hydrogen-bond acceptors (Lipinski definition) is 2. The summed E-state index contributed by atoms with van der Waals surface area (Å²) in [6.45, 7) is 0.390. The first-order chi connectivity index (χ1) is 10.2. The summed E-state index contributed by atoms with van der Waals surface area (Å²) in [6.07, 6.45) is 0.475. The summed E-state index contributed by atoms with van der Waals surface area (Å²) in [5.41, 5.74) is 1.65. The summed E-state index contributed by atoms with van der Waals surface area (Å²) >= 11 is 12.2. The van der Waals surface area contributed by atoms with Crippen molar-refractivity contribution in [2.45, 2.75) is 13.0 Å². The molecule has 0 aliphatic rings. The van der Waals surface area contributed by atoms with Crippen LogP contribution in [0.1, 0.15) is 17.5 Å². The van der Waals surface area contributed by atoms with Crippen LogP contribution < -0.4 is 4.74 Å². The Hall–Kier alpha value is -1.66. The molecular weight excluding hydrogens is 307 g/mol. The number of rotatable bonds is 4. The first-order valence-electron chi connectivity index (χ1n) is 6.46. The predicted octanol–water partition coefficient (Wildman–Crippen LogP) is 4.31. The van der Waals surface area contributed by atoms with Gasteiger partial charge >= 0.3 is 0 Å². The first-order valence-corrected chi connectivity index (χ1v) is 7.22. The molecule has 0 unspecified atom stereocenters. The van der Waals surface area contributed by atoms with Gasteiger partial charge < -0.3 is 9.84 Å². The van der Waals surface area contributed by atoms with Crippen molar-refractivity contribution in [1.82, 2.24) is 0 Å². The summed E-state index contributed by atoms with van der Waals surface area (Å²) in [6, 6.07) is 12.8. The zero-order valence-electron chi connectivity index (χ0n) is 11.3. The van der Waals surface area contributed by atoms with Crippen LogP contribution in [0.4, 0.5) is 0 Å². The van der Waals surface area contributed by atoms with Crippen LogP contribution in [0.15, 0.2) is 42.5 Å². The Kier molecular flexibility index (Phi) is 5.95. The summed E-state index contributed by atoms with van der Waals surface area (Å²) in [5, 5.41) is 9.85. The Morgan fingerprint density at radius 3 is 2.29 bits per heavy atom. The molecule has 2 aromatic rings. The van der Waals surface area contributed by atoms with E-state index < -0.39 is 0 Å². The molecule has 0 aromatic heterocycles. The lowest BCUT2D eigenvalue weighted by atomic mass is 10.2. The molecule has 2 nitrogen and oxygen atoms in total. The van der Waals surface area contributed by atoms with Gasteiger partial charge in [0.05, 0.1) is 6.61 Å². The van der Waals surface area contributed by atoms with Crippen LogP contribution in [0, 0.1) is 11.8 Å². The van der Waals surface area contributed by atoms with E-state index in [1.807, 2.05) is 24.3 Å². The fourth-order valence-electron chi connectivity index (χ4n) is 1.68. The maximum absolute atomic E-state index is 8.67. The zero-order valence-corrected chi connectivity index (χ0v) is 12.8. The Labute approximate surface area is 134 Å². The van der Waals surface area contributed by atoms with E-state index >= 15 is 0 Å². The second kappa shape index (κ2) is 7.95. The van der Waals surface area contributed by atoms with Crippen molar-refractivity contribution in [2.75, 3.05) is 6.61 Å². The predicted molar refractivity (Wildman–Crippen MR) is 85.8 cm³/mol. The van der Waals surface area contributed by atoms with Crippen LogP contribution in [0.5, 0.6) is 5.75 Å². The molecule has 108 valence electrons. The highest BCUT2D eigenvalue weighted by Gasteiger charge is 2.06. The van der Waals surface area contributed by atoms with Gasteiger partial charge in [-0.3, -0.25) is 0 Å². The molecule has 2 aromatic carbocycles. The fraction of sp³-hybridized carbons (Fsp3) is 0.176. The Bertz CT molecular complexity index is 634. The highest BCUT2D eigenvalue weighted by atomic mass is 35.5. The molecule has 0 aliphatic carbocycles. The molecule has 0 heterocycles. The van der Waals surface area contributed by atoms with Crippen LogP contribution in [-0.4, -0.2) is 11.7 Å². The lowest BCUT2D eigenvalue weighted by molar-refractivity contribution is 0.305. The molecule has 0 radical (unpaired) electrons. The van der Waals surface area contributed by atoms with Gasteiger partial charge in [-0.2, -0.15) is 0 Å². The minimum Gasteiger partial charge on any atom is -0.489 e. The van der Waals surface area contributed by atoms with Crippen molar-refractivity contribution in [3.05, 3.63) is 63.6 Å². The molecule has 0 amide bonds. The Morgan fingerprint density at radius 2 is 1.67 bits per heavy atom. The molecule has 0 bridgehead atoms. The van der Waals surface area contributed by atoms with Gasteiger partial charge in [0.2, 0.25) is 0 Å². The number of ether oxygens (including phenoxy) is 1. The number of halogens is 2. The maximum Gasteiger partial charge on any atom is 0.119 e. The SMILES string of the molecule is OCCC#Cc1ccc(OCc2c(Cl)cccc2Cl)cc1. The summed E-state index contributed by atoms with van der Waals surface area (Å²) < 4.78 is 5.68. The van der Waals surface area contributed by atoms with Crippen molar-refractivity contribution >= 4 is 23.2 Å². The van der Waals surface area contributed by atoms with Crippen LogP contribution in [0.3, 0.4) is 0 Å². The van der Waals surface area contributed by atoms with Gasteiger partial charge in [0.1, 0.15) is 12.4 Å². The third-order valence-corrected chi connectivity index (χ3v) is 3.48. The van der Waals surface area contributed by atoms with Crippen molar-refractivity contribution in [1.29, 1.82) is 0 Å². The largest absolute Gasteiger partial charge is 0.489 e. The molecule has 4 heteroatoms. The first kappa shape index (κ1) is 15.7. The summed E-state index contributed by atoms with van der Waals surface area (Å²) in [4.78, 5) is 0. The van der Waals surface area contributed by atoms with Crippen molar-refractivity contribution in [2.24, 2.45) is 0 Å². The molecule has 0 atom stereocenters. The van der Waals surface area contributed by atoms with E-state index in [2.05, 4.69) is 11.8 Å². The van der Waals surface area contributed by atoms with E-state index in [4.69, 9.17) is 33.0 Å². The van der Waals surface area contributed by atoms with E-state index in [0.717, 1.165) is 16.9 Å². The molecule has 0 aliphatic heterocycles. The number of aliphatic hydroxyl groups is 1. The van der Waals surface area contributed by atoms with Crippen LogP contribution in [0.25, 0.3) is 0 Å². The molecule has 21 heavy (non-hydrogen) atoms. The molecule has 2 rings (SSSR count). The van der Waals surface area contributed by atoms with Gasteiger partial charge in [-0.25, -0.2) is 0 Å². The monoisotopic (exact) mass is 320 g/mol. The third-order valence-electron chi connectivity index (χ3n) is 2.77. The van der Waals surface area contributed by atoms with Crippen LogP contribution in [0.2, 0.25) is 10.0 Å². The maximum atomic E-state index is 8.67. The summed E-state index contributed by atoms with van der Waals surface area (Å²) in [7, 11) is 0. The normalized spacial score (nSPS) is 9.86. The molecule has 0 saturated heterocycles. The molecule has 0 fully saturated rings. The van der Waals surface area contributed by atoms with Crippen molar-refractivity contribution in [3.63, 3.8) is 0 Å². The molecule has 0 spiro atoms. The number of aliphatic hydroxyl groups excluding tert-OH is 1. The zero-order chi connectivity index (χ0) is 15.1. The fourth-order valence-corrected chi connectivity index (χ4v) is 2.19. The average molecular weight is 321 g/mol. The van der Waals surface area contributed by atoms with Crippen molar-refractivity contribution < 1.29 is 9.84 Å². The van der Waals surface area contributed by atoms with E-state index in [9.17, 15) is 0 Å².